The van der Waals surface area contributed by atoms with Crippen LogP contribution in [0.15, 0.2) is 42.5 Å². The Morgan fingerprint density at radius 3 is 2.89 bits per heavy atom. The van der Waals surface area contributed by atoms with E-state index in [1.54, 1.807) is 12.1 Å². The van der Waals surface area contributed by atoms with E-state index >= 15 is 0 Å². The number of para-hydroxylation sites is 1. The lowest BCUT2D eigenvalue weighted by Gasteiger charge is -2.32. The maximum absolute atomic E-state index is 13.1. The molecule has 0 saturated carbocycles. The molecule has 3 rings (SSSR count). The van der Waals surface area contributed by atoms with Crippen LogP contribution < -0.4 is 10.1 Å². The van der Waals surface area contributed by atoms with Crippen LogP contribution in [0.25, 0.3) is 0 Å². The Labute approximate surface area is 111 Å². The second-order valence-electron chi connectivity index (χ2n) is 4.79. The maximum Gasteiger partial charge on any atom is 0.214 e. The molecule has 1 aliphatic heterocycles. The van der Waals surface area contributed by atoms with Gasteiger partial charge in [-0.2, -0.15) is 4.39 Å². The van der Waals surface area contributed by atoms with Gasteiger partial charge in [0.2, 0.25) is 5.95 Å². The summed E-state index contributed by atoms with van der Waals surface area (Å²) in [5.74, 6) is 1.25. The van der Waals surface area contributed by atoms with Crippen molar-refractivity contribution in [3.05, 3.63) is 54.0 Å². The molecule has 0 fully saturated rings. The zero-order chi connectivity index (χ0) is 13.2. The lowest BCUT2D eigenvalue weighted by atomic mass is 9.92. The zero-order valence-electron chi connectivity index (χ0n) is 10.6. The third-order valence-electron chi connectivity index (χ3n) is 3.34. The SMILES string of the molecule is CC1COc2ccccc2C1Nc1cccc(F)n1. The summed E-state index contributed by atoms with van der Waals surface area (Å²) in [7, 11) is 0. The zero-order valence-corrected chi connectivity index (χ0v) is 10.6. The standard InChI is InChI=1S/C15H15FN2O/c1-10-9-19-12-6-3-2-5-11(12)15(10)18-14-8-4-7-13(16)17-14/h2-8,10,15H,9H2,1H3,(H,17,18). The molecule has 0 aliphatic carbocycles. The first-order valence-electron chi connectivity index (χ1n) is 6.35. The molecule has 2 unspecified atom stereocenters. The number of halogens is 1. The van der Waals surface area contributed by atoms with Crippen molar-refractivity contribution in [2.24, 2.45) is 5.92 Å². The largest absolute Gasteiger partial charge is 0.493 e. The van der Waals surface area contributed by atoms with Crippen molar-refractivity contribution in [2.45, 2.75) is 13.0 Å². The highest BCUT2D eigenvalue weighted by Crippen LogP contribution is 2.36. The Bertz CT molecular complexity index is 588. The second-order valence-corrected chi connectivity index (χ2v) is 4.79. The Hall–Kier alpha value is -2.10. The molecule has 98 valence electrons. The van der Waals surface area contributed by atoms with Gasteiger partial charge >= 0.3 is 0 Å². The van der Waals surface area contributed by atoms with E-state index in [0.29, 0.717) is 18.3 Å². The highest BCUT2D eigenvalue weighted by Gasteiger charge is 2.27. The van der Waals surface area contributed by atoms with Crippen LogP contribution in [-0.2, 0) is 0 Å². The molecule has 0 spiro atoms. The van der Waals surface area contributed by atoms with Gasteiger partial charge in [-0.1, -0.05) is 31.2 Å². The predicted octanol–water partition coefficient (Wildman–Crippen LogP) is 3.40. The number of nitrogens with one attached hydrogen (secondary N) is 1. The predicted molar refractivity (Wildman–Crippen MR) is 71.7 cm³/mol. The lowest BCUT2D eigenvalue weighted by molar-refractivity contribution is 0.214. The Kier molecular flexibility index (Phi) is 3.07. The Balaban J connectivity index is 1.91. The van der Waals surface area contributed by atoms with Crippen molar-refractivity contribution in [1.29, 1.82) is 0 Å². The van der Waals surface area contributed by atoms with Crippen molar-refractivity contribution in [3.8, 4) is 5.75 Å². The van der Waals surface area contributed by atoms with Gasteiger partial charge in [0, 0.05) is 11.5 Å². The molecule has 0 bridgehead atoms. The molecule has 0 saturated heterocycles. The molecule has 4 heteroatoms. The molecule has 0 amide bonds. The van der Waals surface area contributed by atoms with Gasteiger partial charge in [0.1, 0.15) is 11.6 Å². The third kappa shape index (κ3) is 2.38. The molecule has 0 radical (unpaired) electrons. The highest BCUT2D eigenvalue weighted by molar-refractivity contribution is 5.44. The summed E-state index contributed by atoms with van der Waals surface area (Å²) in [6, 6.07) is 12.8. The minimum Gasteiger partial charge on any atom is -0.493 e. The molecule has 2 atom stereocenters. The van der Waals surface area contributed by atoms with Crippen molar-refractivity contribution in [1.82, 2.24) is 4.98 Å². The summed E-state index contributed by atoms with van der Waals surface area (Å²) in [4.78, 5) is 3.86. The number of fused-ring (bicyclic) bond motifs is 1. The van der Waals surface area contributed by atoms with Crippen LogP contribution in [0.1, 0.15) is 18.5 Å². The molecule has 2 aromatic rings. The van der Waals surface area contributed by atoms with E-state index in [4.69, 9.17) is 4.74 Å². The minimum absolute atomic E-state index is 0.0826. The van der Waals surface area contributed by atoms with Gasteiger partial charge in [-0.15, -0.1) is 0 Å². The van der Waals surface area contributed by atoms with Crippen LogP contribution >= 0.6 is 0 Å². The fourth-order valence-corrected chi connectivity index (χ4v) is 2.36. The molecule has 2 heterocycles. The first kappa shape index (κ1) is 12.0. The number of pyridine rings is 1. The fraction of sp³-hybridized carbons (Fsp3) is 0.267. The highest BCUT2D eigenvalue weighted by atomic mass is 19.1. The van der Waals surface area contributed by atoms with Crippen molar-refractivity contribution in [2.75, 3.05) is 11.9 Å². The van der Waals surface area contributed by atoms with Crippen LogP contribution in [0, 0.1) is 11.9 Å². The normalized spacial score (nSPS) is 21.4. The van der Waals surface area contributed by atoms with E-state index in [9.17, 15) is 4.39 Å². The number of benzene rings is 1. The quantitative estimate of drug-likeness (QED) is 0.838. The van der Waals surface area contributed by atoms with Crippen molar-refractivity contribution < 1.29 is 9.13 Å². The van der Waals surface area contributed by atoms with E-state index in [1.807, 2.05) is 24.3 Å². The number of aromatic nitrogens is 1. The smallest absolute Gasteiger partial charge is 0.214 e. The van der Waals surface area contributed by atoms with E-state index < -0.39 is 5.95 Å². The average Bonchev–Trinajstić information content (AvgIpc) is 2.42. The Morgan fingerprint density at radius 1 is 1.21 bits per heavy atom. The number of hydrogen-bond donors (Lipinski definition) is 1. The van der Waals surface area contributed by atoms with Crippen LogP contribution in [0.3, 0.4) is 0 Å². The summed E-state index contributed by atoms with van der Waals surface area (Å²) in [5, 5.41) is 3.30. The van der Waals surface area contributed by atoms with Crippen LogP contribution in [0.2, 0.25) is 0 Å². The second kappa shape index (κ2) is 4.88. The van der Waals surface area contributed by atoms with Gasteiger partial charge in [-0.05, 0) is 18.2 Å². The summed E-state index contributed by atoms with van der Waals surface area (Å²) in [6.07, 6.45) is 0. The summed E-state index contributed by atoms with van der Waals surface area (Å²) in [5.41, 5.74) is 1.09. The molecule has 3 nitrogen and oxygen atoms in total. The van der Waals surface area contributed by atoms with Gasteiger partial charge in [-0.3, -0.25) is 0 Å². The van der Waals surface area contributed by atoms with Gasteiger partial charge in [0.15, 0.2) is 0 Å². The monoisotopic (exact) mass is 258 g/mol. The molecule has 19 heavy (non-hydrogen) atoms. The third-order valence-corrected chi connectivity index (χ3v) is 3.34. The van der Waals surface area contributed by atoms with Gasteiger partial charge < -0.3 is 10.1 Å². The summed E-state index contributed by atoms with van der Waals surface area (Å²) in [6.45, 7) is 2.75. The fourth-order valence-electron chi connectivity index (χ4n) is 2.36. The first-order chi connectivity index (χ1) is 9.24. The average molecular weight is 258 g/mol. The maximum atomic E-state index is 13.1. The van der Waals surface area contributed by atoms with E-state index in [2.05, 4.69) is 17.2 Å². The topological polar surface area (TPSA) is 34.1 Å². The number of anilines is 1. The van der Waals surface area contributed by atoms with Gasteiger partial charge in [0.25, 0.3) is 0 Å². The molecule has 1 aromatic carbocycles. The van der Waals surface area contributed by atoms with Crippen LogP contribution in [0.4, 0.5) is 10.2 Å². The molecular formula is C15H15FN2O. The molecular weight excluding hydrogens is 243 g/mol. The van der Waals surface area contributed by atoms with Gasteiger partial charge in [-0.25, -0.2) is 4.98 Å². The lowest BCUT2D eigenvalue weighted by Crippen LogP contribution is -2.29. The number of ether oxygens (including phenoxy) is 1. The number of rotatable bonds is 2. The van der Waals surface area contributed by atoms with Gasteiger partial charge in [0.05, 0.1) is 12.6 Å². The molecule has 1 aliphatic rings. The first-order valence-corrected chi connectivity index (χ1v) is 6.35. The molecule has 1 N–H and O–H groups in total. The molecule has 1 aromatic heterocycles. The van der Waals surface area contributed by atoms with E-state index in [-0.39, 0.29) is 6.04 Å². The van der Waals surface area contributed by atoms with E-state index in [0.717, 1.165) is 11.3 Å². The number of hydrogen-bond acceptors (Lipinski definition) is 3. The minimum atomic E-state index is -0.474. The Morgan fingerprint density at radius 2 is 2.05 bits per heavy atom. The van der Waals surface area contributed by atoms with Crippen LogP contribution in [-0.4, -0.2) is 11.6 Å². The number of nitrogens with zero attached hydrogens (tertiary/aromatic N) is 1. The van der Waals surface area contributed by atoms with Crippen molar-refractivity contribution >= 4 is 5.82 Å². The summed E-state index contributed by atoms with van der Waals surface area (Å²) >= 11 is 0. The van der Waals surface area contributed by atoms with Crippen molar-refractivity contribution in [3.63, 3.8) is 0 Å². The van der Waals surface area contributed by atoms with E-state index in [1.165, 1.54) is 6.07 Å². The summed E-state index contributed by atoms with van der Waals surface area (Å²) < 4.78 is 18.8. The van der Waals surface area contributed by atoms with Crippen LogP contribution in [0.5, 0.6) is 5.75 Å².